The van der Waals surface area contributed by atoms with Crippen LogP contribution in [0.4, 0.5) is 5.69 Å². The first-order valence-electron chi connectivity index (χ1n) is 10.6. The van der Waals surface area contributed by atoms with Gasteiger partial charge in [-0.2, -0.15) is 0 Å². The van der Waals surface area contributed by atoms with Crippen LogP contribution >= 0.6 is 0 Å². The zero-order valence-electron chi connectivity index (χ0n) is 17.6. The van der Waals surface area contributed by atoms with Crippen LogP contribution in [0.5, 0.6) is 17.2 Å². The number of hydrogen-bond acceptors (Lipinski definition) is 5. The maximum Gasteiger partial charge on any atom is 0.231 e. The van der Waals surface area contributed by atoms with E-state index >= 15 is 0 Å². The van der Waals surface area contributed by atoms with Gasteiger partial charge in [-0.25, -0.2) is 0 Å². The third-order valence-electron chi connectivity index (χ3n) is 6.12. The van der Waals surface area contributed by atoms with Crippen molar-refractivity contribution >= 4 is 5.69 Å². The molecule has 0 radical (unpaired) electrons. The van der Waals surface area contributed by atoms with E-state index in [4.69, 9.17) is 14.2 Å². The number of ether oxygens (including phenoxy) is 3. The van der Waals surface area contributed by atoms with Crippen molar-refractivity contribution in [3.63, 3.8) is 0 Å². The average molecular weight is 395 g/mol. The van der Waals surface area contributed by atoms with Crippen LogP contribution in [0, 0.1) is 5.41 Å². The summed E-state index contributed by atoms with van der Waals surface area (Å²) in [7, 11) is 0. The molecule has 0 saturated carbocycles. The topological polar surface area (TPSA) is 43.0 Å². The Morgan fingerprint density at radius 1 is 1.00 bits per heavy atom. The van der Waals surface area contributed by atoms with Crippen molar-refractivity contribution in [2.75, 3.05) is 44.5 Å². The average Bonchev–Trinajstić information content (AvgIpc) is 3.37. The molecule has 0 aliphatic carbocycles. The van der Waals surface area contributed by atoms with Crippen LogP contribution in [-0.2, 0) is 5.41 Å². The molecule has 5 heteroatoms. The molecule has 1 atom stereocenters. The number of benzene rings is 2. The lowest BCUT2D eigenvalue weighted by molar-refractivity contribution is 0.173. The van der Waals surface area contributed by atoms with Crippen molar-refractivity contribution in [2.24, 2.45) is 5.41 Å². The van der Waals surface area contributed by atoms with Crippen LogP contribution in [0.1, 0.15) is 38.3 Å². The Morgan fingerprint density at radius 3 is 2.62 bits per heavy atom. The smallest absolute Gasteiger partial charge is 0.231 e. The third-order valence-corrected chi connectivity index (χ3v) is 6.12. The van der Waals surface area contributed by atoms with Crippen LogP contribution in [0.15, 0.2) is 36.4 Å². The van der Waals surface area contributed by atoms with Gasteiger partial charge in [0.1, 0.15) is 12.4 Å². The molecule has 0 amide bonds. The van der Waals surface area contributed by atoms with E-state index in [1.165, 1.54) is 16.8 Å². The minimum Gasteiger partial charge on any atom is -0.492 e. The number of nitrogens with one attached hydrogen (secondary N) is 1. The monoisotopic (exact) mass is 394 g/mol. The maximum absolute atomic E-state index is 6.17. The van der Waals surface area contributed by atoms with E-state index in [1.54, 1.807) is 0 Å². The van der Waals surface area contributed by atoms with E-state index in [-0.39, 0.29) is 12.2 Å². The van der Waals surface area contributed by atoms with Crippen molar-refractivity contribution in [1.82, 2.24) is 5.32 Å². The van der Waals surface area contributed by atoms with Gasteiger partial charge in [-0.15, -0.1) is 0 Å². The SMILES string of the molecule is CC(C)(C)CNCCCN1CC2(COc3cc4c(cc32)OCO4)c2ccccc21. The van der Waals surface area contributed by atoms with E-state index in [1.807, 2.05) is 6.07 Å². The van der Waals surface area contributed by atoms with E-state index in [2.05, 4.69) is 61.3 Å². The molecule has 5 rings (SSSR count). The van der Waals surface area contributed by atoms with Gasteiger partial charge in [-0.05, 0) is 42.6 Å². The predicted octanol–water partition coefficient (Wildman–Crippen LogP) is 3.94. The van der Waals surface area contributed by atoms with Gasteiger partial charge in [0.05, 0.1) is 5.41 Å². The molecule has 0 saturated heterocycles. The molecule has 1 spiro atoms. The largest absolute Gasteiger partial charge is 0.492 e. The summed E-state index contributed by atoms with van der Waals surface area (Å²) in [5, 5.41) is 3.60. The number of para-hydroxylation sites is 1. The summed E-state index contributed by atoms with van der Waals surface area (Å²) < 4.78 is 17.4. The lowest BCUT2D eigenvalue weighted by Gasteiger charge is -2.25. The normalized spacial score (nSPS) is 21.4. The number of nitrogens with zero attached hydrogens (tertiary/aromatic N) is 1. The highest BCUT2D eigenvalue weighted by Gasteiger charge is 2.50. The highest BCUT2D eigenvalue weighted by molar-refractivity contribution is 5.70. The summed E-state index contributed by atoms with van der Waals surface area (Å²) in [6, 6.07) is 12.9. The second-order valence-electron chi connectivity index (χ2n) is 9.60. The summed E-state index contributed by atoms with van der Waals surface area (Å²) in [5.41, 5.74) is 4.10. The van der Waals surface area contributed by atoms with Gasteiger partial charge in [-0.3, -0.25) is 0 Å². The van der Waals surface area contributed by atoms with Crippen LogP contribution in [0.2, 0.25) is 0 Å². The van der Waals surface area contributed by atoms with Crippen LogP contribution in [0.25, 0.3) is 0 Å². The summed E-state index contributed by atoms with van der Waals surface area (Å²) in [6.07, 6.45) is 1.12. The minimum absolute atomic E-state index is 0.133. The summed E-state index contributed by atoms with van der Waals surface area (Å²) in [5.74, 6) is 2.54. The van der Waals surface area contributed by atoms with Gasteiger partial charge in [-0.1, -0.05) is 39.0 Å². The van der Waals surface area contributed by atoms with Crippen molar-refractivity contribution in [3.8, 4) is 17.2 Å². The molecule has 0 bridgehead atoms. The molecule has 3 aliphatic rings. The fraction of sp³-hybridized carbons (Fsp3) is 0.500. The Labute approximate surface area is 173 Å². The summed E-state index contributed by atoms with van der Waals surface area (Å²) in [6.45, 7) is 11.8. The van der Waals surface area contributed by atoms with E-state index in [0.717, 1.165) is 49.8 Å². The Morgan fingerprint density at radius 2 is 1.79 bits per heavy atom. The Bertz CT molecular complexity index is 921. The van der Waals surface area contributed by atoms with Crippen LogP contribution in [-0.4, -0.2) is 39.6 Å². The molecular formula is C24H30N2O3. The molecule has 3 aliphatic heterocycles. The second-order valence-corrected chi connectivity index (χ2v) is 9.60. The van der Waals surface area contributed by atoms with E-state index in [9.17, 15) is 0 Å². The zero-order valence-corrected chi connectivity index (χ0v) is 17.6. The maximum atomic E-state index is 6.17. The highest BCUT2D eigenvalue weighted by atomic mass is 16.7. The second kappa shape index (κ2) is 6.84. The van der Waals surface area contributed by atoms with Gasteiger partial charge >= 0.3 is 0 Å². The first-order valence-corrected chi connectivity index (χ1v) is 10.6. The van der Waals surface area contributed by atoms with Gasteiger partial charge in [0.15, 0.2) is 11.5 Å². The number of rotatable bonds is 5. The van der Waals surface area contributed by atoms with E-state index < -0.39 is 0 Å². The molecule has 29 heavy (non-hydrogen) atoms. The van der Waals surface area contributed by atoms with Gasteiger partial charge in [0, 0.05) is 30.4 Å². The molecule has 5 nitrogen and oxygen atoms in total. The number of anilines is 1. The molecule has 2 aromatic rings. The molecule has 154 valence electrons. The zero-order chi connectivity index (χ0) is 20.1. The van der Waals surface area contributed by atoms with E-state index in [0.29, 0.717) is 12.0 Å². The molecular weight excluding hydrogens is 364 g/mol. The first kappa shape index (κ1) is 18.6. The molecule has 0 aromatic heterocycles. The quantitative estimate of drug-likeness (QED) is 0.778. The minimum atomic E-state index is -0.133. The molecule has 1 N–H and O–H groups in total. The fourth-order valence-electron chi connectivity index (χ4n) is 4.76. The van der Waals surface area contributed by atoms with Crippen LogP contribution in [0.3, 0.4) is 0 Å². The Kier molecular flexibility index (Phi) is 4.39. The van der Waals surface area contributed by atoms with Crippen molar-refractivity contribution < 1.29 is 14.2 Å². The van der Waals surface area contributed by atoms with Gasteiger partial charge < -0.3 is 24.4 Å². The van der Waals surface area contributed by atoms with Gasteiger partial charge in [0.2, 0.25) is 6.79 Å². The Balaban J connectivity index is 1.37. The van der Waals surface area contributed by atoms with Gasteiger partial charge in [0.25, 0.3) is 0 Å². The fourth-order valence-corrected chi connectivity index (χ4v) is 4.76. The third kappa shape index (κ3) is 3.21. The predicted molar refractivity (Wildman–Crippen MR) is 114 cm³/mol. The summed E-state index contributed by atoms with van der Waals surface area (Å²) >= 11 is 0. The molecule has 0 fully saturated rings. The number of fused-ring (bicyclic) bond motifs is 5. The van der Waals surface area contributed by atoms with Crippen LogP contribution < -0.4 is 24.4 Å². The molecule has 2 aromatic carbocycles. The first-order chi connectivity index (χ1) is 14.0. The van der Waals surface area contributed by atoms with Crippen molar-refractivity contribution in [1.29, 1.82) is 0 Å². The lowest BCUT2D eigenvalue weighted by Crippen LogP contribution is -2.37. The lowest BCUT2D eigenvalue weighted by atomic mass is 9.77. The standard InChI is InChI=1S/C24H30N2O3/c1-23(2,3)13-25-9-6-10-26-14-24(17-7-4-5-8-19(17)26)15-27-20-12-22-21(11-18(20)24)28-16-29-22/h4-5,7-8,11-12,25H,6,9-10,13-16H2,1-3H3. The van der Waals surface area contributed by atoms with Crippen molar-refractivity contribution in [2.45, 2.75) is 32.6 Å². The molecule has 1 unspecified atom stereocenters. The highest BCUT2D eigenvalue weighted by Crippen LogP contribution is 2.54. The Hall–Kier alpha value is -2.40. The molecule has 3 heterocycles. The number of hydrogen-bond donors (Lipinski definition) is 1. The summed E-state index contributed by atoms with van der Waals surface area (Å²) in [4.78, 5) is 2.52. The van der Waals surface area contributed by atoms with Crippen molar-refractivity contribution in [3.05, 3.63) is 47.5 Å².